The zero-order valence-electron chi connectivity index (χ0n) is 13.2. The first kappa shape index (κ1) is 17.1. The maximum absolute atomic E-state index is 12.1. The van der Waals surface area contributed by atoms with Gasteiger partial charge in [0.15, 0.2) is 0 Å². The molecule has 0 radical (unpaired) electrons. The summed E-state index contributed by atoms with van der Waals surface area (Å²) in [6.45, 7) is 7.08. The van der Waals surface area contributed by atoms with Crippen molar-refractivity contribution in [2.75, 3.05) is 27.2 Å². The molecule has 1 rings (SSSR count). The van der Waals surface area contributed by atoms with Gasteiger partial charge in [-0.15, -0.1) is 0 Å². The Morgan fingerprint density at radius 3 is 2.43 bits per heavy atom. The second-order valence-electron chi connectivity index (χ2n) is 6.22. The van der Waals surface area contributed by atoms with Crippen molar-refractivity contribution in [1.29, 1.82) is 0 Å². The highest BCUT2D eigenvalue weighted by Gasteiger charge is 2.21. The van der Waals surface area contributed by atoms with Crippen LogP contribution in [-0.4, -0.2) is 54.1 Å². The van der Waals surface area contributed by atoms with Gasteiger partial charge in [0.25, 0.3) is 5.91 Å². The number of carbonyl (C=O) groups excluding carboxylic acids is 1. The Balaban J connectivity index is 2.73. The lowest BCUT2D eigenvalue weighted by molar-refractivity contribution is 0.0694. The molecule has 21 heavy (non-hydrogen) atoms. The maximum atomic E-state index is 12.1. The summed E-state index contributed by atoms with van der Waals surface area (Å²) in [4.78, 5) is 29.1. The summed E-state index contributed by atoms with van der Waals surface area (Å²) in [5, 5.41) is 11.8. The second-order valence-corrected chi connectivity index (χ2v) is 6.22. The minimum absolute atomic E-state index is 0.0603. The molecular weight excluding hydrogens is 270 g/mol. The van der Waals surface area contributed by atoms with Crippen LogP contribution in [0.1, 0.15) is 40.4 Å². The van der Waals surface area contributed by atoms with Gasteiger partial charge >= 0.3 is 5.97 Å². The molecule has 1 heterocycles. The van der Waals surface area contributed by atoms with Gasteiger partial charge in [-0.3, -0.25) is 4.79 Å². The van der Waals surface area contributed by atoms with Crippen LogP contribution >= 0.6 is 0 Å². The number of hydrogen-bond acceptors (Lipinski definition) is 4. The van der Waals surface area contributed by atoms with Crippen LogP contribution in [0.5, 0.6) is 0 Å². The Bertz CT molecular complexity index is 539. The summed E-state index contributed by atoms with van der Waals surface area (Å²) >= 11 is 0. The molecule has 1 aromatic heterocycles. The van der Waals surface area contributed by atoms with Gasteiger partial charge in [0.1, 0.15) is 5.69 Å². The maximum Gasteiger partial charge on any atom is 0.337 e. The molecule has 0 aliphatic carbocycles. The van der Waals surface area contributed by atoms with E-state index in [0.717, 1.165) is 6.54 Å². The molecule has 6 nitrogen and oxygen atoms in total. The molecule has 2 N–H and O–H groups in total. The molecule has 0 aliphatic rings. The number of aromatic nitrogens is 1. The molecule has 116 valence electrons. The number of hydrogen-bond donors (Lipinski definition) is 2. The Labute approximate surface area is 125 Å². The average Bonchev–Trinajstić information content (AvgIpc) is 2.33. The van der Waals surface area contributed by atoms with Crippen molar-refractivity contribution in [2.45, 2.75) is 20.8 Å². The van der Waals surface area contributed by atoms with Crippen molar-refractivity contribution >= 4 is 11.9 Å². The van der Waals surface area contributed by atoms with Crippen LogP contribution in [0, 0.1) is 12.3 Å². The third-order valence-corrected chi connectivity index (χ3v) is 3.02. The Morgan fingerprint density at radius 2 is 1.95 bits per heavy atom. The number of nitrogens with one attached hydrogen (secondary N) is 1. The third-order valence-electron chi connectivity index (χ3n) is 3.02. The highest BCUT2D eigenvalue weighted by atomic mass is 16.4. The molecule has 0 saturated carbocycles. The van der Waals surface area contributed by atoms with E-state index in [4.69, 9.17) is 5.11 Å². The van der Waals surface area contributed by atoms with Gasteiger partial charge in [0, 0.05) is 13.1 Å². The smallest absolute Gasteiger partial charge is 0.337 e. The number of amides is 1. The van der Waals surface area contributed by atoms with Crippen LogP contribution in [0.2, 0.25) is 0 Å². The van der Waals surface area contributed by atoms with Crippen LogP contribution < -0.4 is 5.32 Å². The van der Waals surface area contributed by atoms with E-state index in [9.17, 15) is 9.59 Å². The zero-order chi connectivity index (χ0) is 16.2. The molecule has 0 atom stereocenters. The Hall–Kier alpha value is -1.95. The van der Waals surface area contributed by atoms with E-state index in [0.29, 0.717) is 12.2 Å². The lowest BCUT2D eigenvalue weighted by atomic mass is 9.93. The topological polar surface area (TPSA) is 82.5 Å². The number of carboxylic acids is 1. The molecular formula is C15H23N3O3. The minimum Gasteiger partial charge on any atom is -0.478 e. The molecule has 0 aliphatic heterocycles. The van der Waals surface area contributed by atoms with Gasteiger partial charge in [-0.05, 0) is 38.6 Å². The lowest BCUT2D eigenvalue weighted by Crippen LogP contribution is -2.40. The summed E-state index contributed by atoms with van der Waals surface area (Å²) in [6.07, 6.45) is 0. The van der Waals surface area contributed by atoms with E-state index in [1.807, 2.05) is 14.1 Å². The fraction of sp³-hybridized carbons (Fsp3) is 0.533. The van der Waals surface area contributed by atoms with Crippen LogP contribution in [-0.2, 0) is 0 Å². The van der Waals surface area contributed by atoms with E-state index in [-0.39, 0.29) is 22.6 Å². The van der Waals surface area contributed by atoms with E-state index < -0.39 is 5.97 Å². The highest BCUT2D eigenvalue weighted by Crippen LogP contribution is 2.14. The van der Waals surface area contributed by atoms with E-state index >= 15 is 0 Å². The standard InChI is InChI=1S/C15H23N3O3/c1-10-11(14(20)21)6-7-12(17-10)13(19)16-8-15(2,3)9-18(4)5/h6-7H,8-9H2,1-5H3,(H,16,19)(H,20,21). The number of aromatic carboxylic acids is 1. The SMILES string of the molecule is Cc1nc(C(=O)NCC(C)(C)CN(C)C)ccc1C(=O)O. The van der Waals surface area contributed by atoms with Crippen LogP contribution in [0.25, 0.3) is 0 Å². The van der Waals surface area contributed by atoms with Gasteiger partial charge in [0.05, 0.1) is 11.3 Å². The summed E-state index contributed by atoms with van der Waals surface area (Å²) in [6, 6.07) is 2.84. The predicted octanol–water partition coefficient (Wildman–Crippen LogP) is 1.41. The third kappa shape index (κ3) is 5.15. The van der Waals surface area contributed by atoms with E-state index in [2.05, 4.69) is 29.0 Å². The first-order valence-electron chi connectivity index (χ1n) is 6.76. The number of rotatable bonds is 6. The monoisotopic (exact) mass is 293 g/mol. The molecule has 0 fully saturated rings. The lowest BCUT2D eigenvalue weighted by Gasteiger charge is -2.28. The number of pyridine rings is 1. The quantitative estimate of drug-likeness (QED) is 0.828. The minimum atomic E-state index is -1.04. The van der Waals surface area contributed by atoms with Gasteiger partial charge in [-0.25, -0.2) is 9.78 Å². The number of aryl methyl sites for hydroxylation is 1. The first-order chi connectivity index (χ1) is 9.62. The normalized spacial score (nSPS) is 11.5. The summed E-state index contributed by atoms with van der Waals surface area (Å²) in [5.41, 5.74) is 0.621. The highest BCUT2D eigenvalue weighted by molar-refractivity contribution is 5.94. The van der Waals surface area contributed by atoms with Crippen molar-refractivity contribution < 1.29 is 14.7 Å². The van der Waals surface area contributed by atoms with E-state index in [1.165, 1.54) is 12.1 Å². The Kier molecular flexibility index (Phi) is 5.43. The van der Waals surface area contributed by atoms with Crippen LogP contribution in [0.3, 0.4) is 0 Å². The summed E-state index contributed by atoms with van der Waals surface area (Å²) < 4.78 is 0. The number of carboxylic acid groups (broad SMARTS) is 1. The van der Waals surface area contributed by atoms with Crippen molar-refractivity contribution in [3.05, 3.63) is 29.1 Å². The molecule has 0 spiro atoms. The van der Waals surface area contributed by atoms with E-state index in [1.54, 1.807) is 6.92 Å². The molecule has 0 bridgehead atoms. The van der Waals surface area contributed by atoms with Gasteiger partial charge < -0.3 is 15.3 Å². The molecule has 0 unspecified atom stereocenters. The van der Waals surface area contributed by atoms with Crippen molar-refractivity contribution in [3.63, 3.8) is 0 Å². The predicted molar refractivity (Wildman–Crippen MR) is 80.6 cm³/mol. The summed E-state index contributed by atoms with van der Waals surface area (Å²) in [7, 11) is 3.97. The van der Waals surface area contributed by atoms with Crippen molar-refractivity contribution in [3.8, 4) is 0 Å². The zero-order valence-corrected chi connectivity index (χ0v) is 13.2. The fourth-order valence-electron chi connectivity index (χ4n) is 2.24. The molecule has 0 aromatic carbocycles. The summed E-state index contributed by atoms with van der Waals surface area (Å²) in [5.74, 6) is -1.33. The molecule has 0 saturated heterocycles. The molecule has 1 amide bonds. The molecule has 1 aromatic rings. The largest absolute Gasteiger partial charge is 0.478 e. The van der Waals surface area contributed by atoms with Crippen molar-refractivity contribution in [1.82, 2.24) is 15.2 Å². The second kappa shape index (κ2) is 6.67. The number of nitrogens with zero attached hydrogens (tertiary/aromatic N) is 2. The van der Waals surface area contributed by atoms with Crippen LogP contribution in [0.4, 0.5) is 0 Å². The van der Waals surface area contributed by atoms with Gasteiger partial charge in [-0.2, -0.15) is 0 Å². The first-order valence-corrected chi connectivity index (χ1v) is 6.76. The van der Waals surface area contributed by atoms with Gasteiger partial charge in [-0.1, -0.05) is 13.8 Å². The van der Waals surface area contributed by atoms with Gasteiger partial charge in [0.2, 0.25) is 0 Å². The Morgan fingerprint density at radius 1 is 1.33 bits per heavy atom. The van der Waals surface area contributed by atoms with Crippen molar-refractivity contribution in [2.24, 2.45) is 5.41 Å². The number of carbonyl (C=O) groups is 2. The molecule has 6 heteroatoms. The fourth-order valence-corrected chi connectivity index (χ4v) is 2.24. The average molecular weight is 293 g/mol. The van der Waals surface area contributed by atoms with Crippen LogP contribution in [0.15, 0.2) is 12.1 Å².